The van der Waals surface area contributed by atoms with Gasteiger partial charge >= 0.3 is 0 Å². The van der Waals surface area contributed by atoms with Gasteiger partial charge in [0.05, 0.1) is 30.2 Å². The zero-order chi connectivity index (χ0) is 34.3. The number of para-hydroxylation sites is 1. The number of methoxy groups -OCH3 is 1. The van der Waals surface area contributed by atoms with E-state index in [0.29, 0.717) is 39.8 Å². The van der Waals surface area contributed by atoms with E-state index in [1.165, 1.54) is 12.3 Å². The third-order valence-electron chi connectivity index (χ3n) is 8.07. The molecule has 48 heavy (non-hydrogen) atoms. The predicted molar refractivity (Wildman–Crippen MR) is 189 cm³/mol. The fourth-order valence-electron chi connectivity index (χ4n) is 5.30. The summed E-state index contributed by atoms with van der Waals surface area (Å²) in [6, 6.07) is 19.7. The summed E-state index contributed by atoms with van der Waals surface area (Å²) >= 11 is 6.40. The smallest absolute Gasteiger partial charge is 0.253 e. The highest BCUT2D eigenvalue weighted by Gasteiger charge is 2.32. The maximum Gasteiger partial charge on any atom is 0.253 e. The third-order valence-corrected chi connectivity index (χ3v) is 8.35. The summed E-state index contributed by atoms with van der Waals surface area (Å²) in [5, 5.41) is 15.1. The number of amides is 3. The van der Waals surface area contributed by atoms with Crippen molar-refractivity contribution in [3.63, 3.8) is 0 Å². The number of carbonyl (C=O) groups excluding carboxylic acids is 3. The van der Waals surface area contributed by atoms with Gasteiger partial charge in [0.25, 0.3) is 11.8 Å². The normalized spacial score (nSPS) is 13.5. The van der Waals surface area contributed by atoms with Crippen LogP contribution in [0.4, 0.5) is 34.5 Å². The second-order valence-electron chi connectivity index (χ2n) is 11.4. The maximum absolute atomic E-state index is 13.0. The first-order valence-corrected chi connectivity index (χ1v) is 15.7. The molecule has 4 aromatic rings. The molecule has 1 aliphatic heterocycles. The molecule has 0 bridgehead atoms. The van der Waals surface area contributed by atoms with Crippen molar-refractivity contribution in [2.75, 3.05) is 48.1 Å². The molecule has 248 valence electrons. The lowest BCUT2D eigenvalue weighted by atomic mass is 9.89. The van der Waals surface area contributed by atoms with Gasteiger partial charge in [0.2, 0.25) is 11.9 Å². The van der Waals surface area contributed by atoms with Crippen molar-refractivity contribution < 1.29 is 19.1 Å². The van der Waals surface area contributed by atoms with Crippen LogP contribution in [0.15, 0.2) is 85.6 Å². The minimum Gasteiger partial charge on any atom is -0.494 e. The average Bonchev–Trinajstić information content (AvgIpc) is 3.10. The Bertz CT molecular complexity index is 1820. The van der Waals surface area contributed by atoms with Gasteiger partial charge in [-0.1, -0.05) is 30.3 Å². The summed E-state index contributed by atoms with van der Waals surface area (Å²) < 4.78 is 5.72. The Hall–Kier alpha value is -5.62. The summed E-state index contributed by atoms with van der Waals surface area (Å²) in [7, 11) is 3.16. The highest BCUT2D eigenvalue weighted by Crippen LogP contribution is 2.35. The van der Waals surface area contributed by atoms with Crippen LogP contribution >= 0.6 is 11.6 Å². The second-order valence-corrected chi connectivity index (χ2v) is 11.8. The molecule has 0 radical (unpaired) electrons. The number of hydrogen-bond acceptors (Lipinski definition) is 9. The zero-order valence-electron chi connectivity index (χ0n) is 26.9. The number of hydrogen-bond donors (Lipinski definition) is 5. The predicted octanol–water partition coefficient (Wildman–Crippen LogP) is 5.90. The molecule has 1 fully saturated rings. The van der Waals surface area contributed by atoms with E-state index in [-0.39, 0.29) is 34.2 Å². The molecule has 0 aliphatic carbocycles. The van der Waals surface area contributed by atoms with Gasteiger partial charge in [0, 0.05) is 48.7 Å². The Morgan fingerprint density at radius 1 is 0.979 bits per heavy atom. The molecule has 5 N–H and O–H groups in total. The van der Waals surface area contributed by atoms with Crippen LogP contribution in [0.2, 0.25) is 5.02 Å². The minimum absolute atomic E-state index is 0.164. The van der Waals surface area contributed by atoms with E-state index in [1.807, 2.05) is 24.3 Å². The standard InChI is InChI=1S/C35H37ClN8O4/c1-5-30(45)39-23-12-10-22(11-13-23)32(46)43-35(2)16-18-44(19-17-35)24-14-15-28(29(20-24)48-4)41-34-38-21-26(36)31(42-34)40-27-9-7-6-8-25(27)33(47)37-3/h5-15,20-21H,1,16-19H2,2-4H3,(H,37,47)(H,39,45)(H,43,46)(H2,38,40,41,42). The van der Waals surface area contributed by atoms with Gasteiger partial charge in [-0.25, -0.2) is 4.98 Å². The number of carbonyl (C=O) groups is 3. The lowest BCUT2D eigenvalue weighted by molar-refractivity contribution is -0.111. The summed E-state index contributed by atoms with van der Waals surface area (Å²) in [6.07, 6.45) is 4.15. The lowest BCUT2D eigenvalue weighted by Crippen LogP contribution is -2.53. The van der Waals surface area contributed by atoms with E-state index < -0.39 is 0 Å². The highest BCUT2D eigenvalue weighted by atomic mass is 35.5. The van der Waals surface area contributed by atoms with E-state index in [4.69, 9.17) is 16.3 Å². The first kappa shape index (κ1) is 33.7. The molecule has 0 spiro atoms. The second kappa shape index (κ2) is 14.9. The van der Waals surface area contributed by atoms with Crippen LogP contribution in [0.25, 0.3) is 0 Å². The largest absolute Gasteiger partial charge is 0.494 e. The van der Waals surface area contributed by atoms with Crippen molar-refractivity contribution >= 4 is 63.8 Å². The fraction of sp³-hybridized carbons (Fsp3) is 0.229. The van der Waals surface area contributed by atoms with Crippen molar-refractivity contribution in [3.8, 4) is 5.75 Å². The molecule has 0 saturated carbocycles. The van der Waals surface area contributed by atoms with E-state index in [9.17, 15) is 14.4 Å². The monoisotopic (exact) mass is 668 g/mol. The molecule has 2 heterocycles. The molecule has 0 unspecified atom stereocenters. The van der Waals surface area contributed by atoms with Crippen molar-refractivity contribution in [1.29, 1.82) is 0 Å². The minimum atomic E-state index is -0.382. The van der Waals surface area contributed by atoms with Crippen molar-refractivity contribution in [1.82, 2.24) is 20.6 Å². The number of anilines is 6. The molecule has 1 saturated heterocycles. The van der Waals surface area contributed by atoms with E-state index in [2.05, 4.69) is 55.0 Å². The molecule has 12 nitrogen and oxygen atoms in total. The number of piperidine rings is 1. The molecule has 13 heteroatoms. The molecule has 3 amide bonds. The van der Waals surface area contributed by atoms with Crippen LogP contribution in [0.1, 0.15) is 40.5 Å². The number of nitrogens with zero attached hydrogens (tertiary/aromatic N) is 3. The summed E-state index contributed by atoms with van der Waals surface area (Å²) in [6.45, 7) is 6.96. The maximum atomic E-state index is 13.0. The topological polar surface area (TPSA) is 150 Å². The Morgan fingerprint density at radius 3 is 2.40 bits per heavy atom. The van der Waals surface area contributed by atoms with Gasteiger partial charge < -0.3 is 36.2 Å². The van der Waals surface area contributed by atoms with Gasteiger partial charge in [-0.05, 0) is 74.4 Å². The van der Waals surface area contributed by atoms with E-state index in [1.54, 1.807) is 56.6 Å². The quantitative estimate of drug-likeness (QED) is 0.123. The Balaban J connectivity index is 1.22. The number of nitrogens with one attached hydrogen (secondary N) is 5. The van der Waals surface area contributed by atoms with Gasteiger partial charge in [-0.3, -0.25) is 14.4 Å². The molecular formula is C35H37ClN8O4. The number of benzene rings is 3. The SMILES string of the molecule is C=CC(=O)Nc1ccc(C(=O)NC2(C)CCN(c3ccc(Nc4ncc(Cl)c(Nc5ccccc5C(=O)NC)n4)c(OC)c3)CC2)cc1. The third kappa shape index (κ3) is 8.02. The number of ether oxygens (including phenoxy) is 1. The molecule has 3 aromatic carbocycles. The number of aromatic nitrogens is 2. The fourth-order valence-corrected chi connectivity index (χ4v) is 5.43. The summed E-state index contributed by atoms with van der Waals surface area (Å²) in [5.41, 5.74) is 3.36. The number of rotatable bonds is 11. The lowest BCUT2D eigenvalue weighted by Gasteiger charge is -2.41. The van der Waals surface area contributed by atoms with Crippen LogP contribution < -0.4 is 36.2 Å². The Kier molecular flexibility index (Phi) is 10.4. The van der Waals surface area contributed by atoms with E-state index >= 15 is 0 Å². The van der Waals surface area contributed by atoms with Crippen molar-refractivity contribution in [2.45, 2.75) is 25.3 Å². The summed E-state index contributed by atoms with van der Waals surface area (Å²) in [4.78, 5) is 48.0. The van der Waals surface area contributed by atoms with Crippen LogP contribution in [0.5, 0.6) is 5.75 Å². The van der Waals surface area contributed by atoms with Gasteiger partial charge in [0.15, 0.2) is 5.82 Å². The molecule has 1 aromatic heterocycles. The van der Waals surface area contributed by atoms with Crippen molar-refractivity contribution in [2.24, 2.45) is 0 Å². The first-order valence-electron chi connectivity index (χ1n) is 15.3. The van der Waals surface area contributed by atoms with Crippen LogP contribution in [0.3, 0.4) is 0 Å². The van der Waals surface area contributed by atoms with Gasteiger partial charge in [-0.2, -0.15) is 4.98 Å². The van der Waals surface area contributed by atoms with Crippen LogP contribution in [0, 0.1) is 0 Å². The van der Waals surface area contributed by atoms with Crippen LogP contribution in [-0.2, 0) is 4.79 Å². The Labute approximate surface area is 284 Å². The zero-order valence-corrected chi connectivity index (χ0v) is 27.6. The average molecular weight is 669 g/mol. The van der Waals surface area contributed by atoms with Crippen molar-refractivity contribution in [3.05, 3.63) is 102 Å². The van der Waals surface area contributed by atoms with Gasteiger partial charge in [0.1, 0.15) is 10.8 Å². The Morgan fingerprint density at radius 2 is 1.71 bits per heavy atom. The number of halogens is 1. The molecule has 0 atom stereocenters. The van der Waals surface area contributed by atoms with Crippen LogP contribution in [-0.4, -0.2) is 60.5 Å². The first-order chi connectivity index (χ1) is 23.1. The molecule has 5 rings (SSSR count). The highest BCUT2D eigenvalue weighted by molar-refractivity contribution is 6.33. The van der Waals surface area contributed by atoms with Gasteiger partial charge in [-0.15, -0.1) is 0 Å². The summed E-state index contributed by atoms with van der Waals surface area (Å²) in [5.74, 6) is 0.497. The van der Waals surface area contributed by atoms with E-state index in [0.717, 1.165) is 31.6 Å². The molecule has 1 aliphatic rings. The molecular weight excluding hydrogens is 632 g/mol.